The minimum Gasteiger partial charge on any atom is -0.350 e. The summed E-state index contributed by atoms with van der Waals surface area (Å²) in [5.41, 5.74) is -0.196. The van der Waals surface area contributed by atoms with Crippen LogP contribution in [-0.2, 0) is 4.79 Å². The number of nitrogens with one attached hydrogen (secondary N) is 4. The molecular formula is C20H16F2N4O2. The fraction of sp³-hybridized carbons (Fsp3) is 0.0500. The molecule has 0 bridgehead atoms. The first-order valence-corrected chi connectivity index (χ1v) is 8.26. The van der Waals surface area contributed by atoms with Gasteiger partial charge in [-0.3, -0.25) is 15.0 Å². The quantitative estimate of drug-likeness (QED) is 0.506. The van der Waals surface area contributed by atoms with Crippen molar-refractivity contribution in [2.75, 3.05) is 10.6 Å². The maximum Gasteiger partial charge on any atom is 0.259 e. The Hall–Kier alpha value is -3.81. The summed E-state index contributed by atoms with van der Waals surface area (Å²) in [5, 5.41) is 13.6. The molecule has 0 aliphatic carbocycles. The average molecular weight is 382 g/mol. The molecular weight excluding hydrogens is 366 g/mol. The number of amides is 1. The van der Waals surface area contributed by atoms with Crippen LogP contribution in [0.3, 0.4) is 0 Å². The zero-order valence-electron chi connectivity index (χ0n) is 14.8. The molecule has 1 aromatic heterocycles. The number of carbonyl (C=O) groups is 1. The molecule has 0 unspecified atom stereocenters. The van der Waals surface area contributed by atoms with Gasteiger partial charge in [0.25, 0.3) is 5.56 Å². The van der Waals surface area contributed by atoms with Crippen LogP contribution in [0.5, 0.6) is 0 Å². The van der Waals surface area contributed by atoms with Gasteiger partial charge in [-0.2, -0.15) is 0 Å². The summed E-state index contributed by atoms with van der Waals surface area (Å²) in [7, 11) is 0. The lowest BCUT2D eigenvalue weighted by Gasteiger charge is -2.13. The van der Waals surface area contributed by atoms with E-state index in [1.54, 1.807) is 24.3 Å². The lowest BCUT2D eigenvalue weighted by Crippen LogP contribution is -2.20. The Kier molecular flexibility index (Phi) is 5.30. The monoisotopic (exact) mass is 382 g/mol. The molecule has 3 rings (SSSR count). The number of rotatable bonds is 5. The summed E-state index contributed by atoms with van der Waals surface area (Å²) in [6.07, 6.45) is 1.32. The normalized spacial score (nSPS) is 10.4. The molecule has 1 amide bonds. The first kappa shape index (κ1) is 19.0. The van der Waals surface area contributed by atoms with E-state index >= 15 is 0 Å². The number of H-pyrrole nitrogens is 1. The number of hydrogen-bond donors (Lipinski definition) is 4. The number of carbonyl (C=O) groups excluding carboxylic acids is 1. The highest BCUT2D eigenvalue weighted by molar-refractivity contribution is 6.14. The van der Waals surface area contributed by atoms with Crippen LogP contribution >= 0.6 is 0 Å². The molecule has 0 spiro atoms. The first-order chi connectivity index (χ1) is 13.4. The van der Waals surface area contributed by atoms with Gasteiger partial charge in [0, 0.05) is 24.4 Å². The molecule has 4 N–H and O–H groups in total. The molecule has 0 saturated heterocycles. The largest absolute Gasteiger partial charge is 0.350 e. The third-order valence-electron chi connectivity index (χ3n) is 3.93. The third-order valence-corrected chi connectivity index (χ3v) is 3.93. The average Bonchev–Trinajstić information content (AvgIpc) is 2.64. The predicted molar refractivity (Wildman–Crippen MR) is 103 cm³/mol. The van der Waals surface area contributed by atoms with Gasteiger partial charge in [0.15, 0.2) is 0 Å². The highest BCUT2D eigenvalue weighted by atomic mass is 19.1. The number of anilines is 3. The van der Waals surface area contributed by atoms with Gasteiger partial charge in [-0.25, -0.2) is 8.78 Å². The van der Waals surface area contributed by atoms with Crippen LogP contribution in [0.2, 0.25) is 0 Å². The Balaban J connectivity index is 1.99. The van der Waals surface area contributed by atoms with E-state index in [9.17, 15) is 18.4 Å². The number of para-hydroxylation sites is 1. The first-order valence-electron chi connectivity index (χ1n) is 8.26. The fourth-order valence-electron chi connectivity index (χ4n) is 2.65. The highest BCUT2D eigenvalue weighted by Crippen LogP contribution is 2.25. The van der Waals surface area contributed by atoms with Crippen molar-refractivity contribution >= 4 is 28.7 Å². The van der Waals surface area contributed by atoms with Crippen molar-refractivity contribution in [2.45, 2.75) is 6.92 Å². The van der Waals surface area contributed by atoms with Crippen molar-refractivity contribution in [3.8, 4) is 0 Å². The SMILES string of the molecule is CC(=O)Nc1ccc(C(=N)c2c(Nc3c(F)cccc3F)cc[nH]c2=O)cc1. The van der Waals surface area contributed by atoms with Crippen LogP contribution in [0, 0.1) is 17.0 Å². The minimum absolute atomic E-state index is 0.0718. The van der Waals surface area contributed by atoms with Crippen molar-refractivity contribution < 1.29 is 13.6 Å². The molecule has 142 valence electrons. The molecule has 3 aromatic rings. The van der Waals surface area contributed by atoms with Gasteiger partial charge in [0.05, 0.1) is 17.0 Å². The van der Waals surface area contributed by atoms with E-state index in [1.165, 1.54) is 25.3 Å². The molecule has 0 fully saturated rings. The van der Waals surface area contributed by atoms with E-state index in [0.717, 1.165) is 12.1 Å². The Morgan fingerprint density at radius 2 is 1.68 bits per heavy atom. The Morgan fingerprint density at radius 1 is 1.04 bits per heavy atom. The van der Waals surface area contributed by atoms with Crippen molar-refractivity contribution in [1.29, 1.82) is 5.41 Å². The summed E-state index contributed by atoms with van der Waals surface area (Å²) in [6.45, 7) is 1.37. The fourth-order valence-corrected chi connectivity index (χ4v) is 2.65. The number of aromatic nitrogens is 1. The lowest BCUT2D eigenvalue weighted by atomic mass is 10.0. The van der Waals surface area contributed by atoms with Crippen LogP contribution in [0.25, 0.3) is 0 Å². The van der Waals surface area contributed by atoms with Gasteiger partial charge in [0.2, 0.25) is 5.91 Å². The third kappa shape index (κ3) is 3.96. The Bertz CT molecular complexity index is 1090. The van der Waals surface area contributed by atoms with Crippen LogP contribution in [-0.4, -0.2) is 16.6 Å². The Labute approximate surface area is 158 Å². The van der Waals surface area contributed by atoms with Crippen molar-refractivity contribution in [1.82, 2.24) is 4.98 Å². The summed E-state index contributed by atoms with van der Waals surface area (Å²) >= 11 is 0. The second-order valence-electron chi connectivity index (χ2n) is 5.95. The maximum atomic E-state index is 14.0. The summed E-state index contributed by atoms with van der Waals surface area (Å²) in [6, 6.07) is 11.1. The molecule has 0 radical (unpaired) electrons. The van der Waals surface area contributed by atoms with Crippen LogP contribution in [0.1, 0.15) is 18.1 Å². The van der Waals surface area contributed by atoms with Gasteiger partial charge in [0.1, 0.15) is 17.3 Å². The van der Waals surface area contributed by atoms with Crippen LogP contribution < -0.4 is 16.2 Å². The molecule has 28 heavy (non-hydrogen) atoms. The zero-order chi connectivity index (χ0) is 20.3. The number of halogens is 2. The molecule has 0 aliphatic heterocycles. The molecule has 6 nitrogen and oxygen atoms in total. The van der Waals surface area contributed by atoms with E-state index in [2.05, 4.69) is 15.6 Å². The van der Waals surface area contributed by atoms with E-state index in [0.29, 0.717) is 11.3 Å². The van der Waals surface area contributed by atoms with Crippen molar-refractivity contribution in [3.63, 3.8) is 0 Å². The number of hydrogen-bond acceptors (Lipinski definition) is 4. The molecule has 1 heterocycles. The highest BCUT2D eigenvalue weighted by Gasteiger charge is 2.17. The van der Waals surface area contributed by atoms with Gasteiger partial charge >= 0.3 is 0 Å². The summed E-state index contributed by atoms with van der Waals surface area (Å²) in [5.74, 6) is -1.88. The summed E-state index contributed by atoms with van der Waals surface area (Å²) < 4.78 is 27.9. The van der Waals surface area contributed by atoms with E-state index in [-0.39, 0.29) is 22.9 Å². The standard InChI is InChI=1S/C20H16F2N4O2/c1-11(27)25-13-7-5-12(6-8-13)18(23)17-16(9-10-24-20(17)28)26-19-14(21)3-2-4-15(19)22/h2-10,23H,1H3,(H,25,27)(H2,24,26,28). The van der Waals surface area contributed by atoms with Crippen LogP contribution in [0.4, 0.5) is 25.8 Å². The van der Waals surface area contributed by atoms with E-state index in [1.807, 2.05) is 0 Å². The Morgan fingerprint density at radius 3 is 2.29 bits per heavy atom. The minimum atomic E-state index is -0.822. The van der Waals surface area contributed by atoms with Gasteiger partial charge in [-0.15, -0.1) is 0 Å². The van der Waals surface area contributed by atoms with E-state index in [4.69, 9.17) is 5.41 Å². The van der Waals surface area contributed by atoms with Gasteiger partial charge < -0.3 is 15.6 Å². The molecule has 0 atom stereocenters. The number of aromatic amines is 1. The summed E-state index contributed by atoms with van der Waals surface area (Å²) in [4.78, 5) is 25.9. The zero-order valence-corrected chi connectivity index (χ0v) is 14.8. The van der Waals surface area contributed by atoms with Crippen molar-refractivity contribution in [2.24, 2.45) is 0 Å². The molecule has 0 saturated carbocycles. The van der Waals surface area contributed by atoms with Crippen molar-refractivity contribution in [3.05, 3.63) is 87.8 Å². The molecule has 2 aromatic carbocycles. The van der Waals surface area contributed by atoms with Gasteiger partial charge in [-0.1, -0.05) is 18.2 Å². The number of pyridine rings is 1. The predicted octanol–water partition coefficient (Wildman–Crippen LogP) is 3.77. The topological polar surface area (TPSA) is 97.8 Å². The molecule has 8 heteroatoms. The second kappa shape index (κ2) is 7.83. The second-order valence-corrected chi connectivity index (χ2v) is 5.95. The maximum absolute atomic E-state index is 14.0. The molecule has 0 aliphatic rings. The lowest BCUT2D eigenvalue weighted by molar-refractivity contribution is -0.114. The smallest absolute Gasteiger partial charge is 0.259 e. The van der Waals surface area contributed by atoms with Gasteiger partial charge in [-0.05, 0) is 30.3 Å². The van der Waals surface area contributed by atoms with E-state index < -0.39 is 22.9 Å². The number of benzene rings is 2. The van der Waals surface area contributed by atoms with Crippen LogP contribution in [0.15, 0.2) is 59.5 Å².